The predicted molar refractivity (Wildman–Crippen MR) is 160 cm³/mol. The number of aliphatic hydroxyl groups excluding tert-OH is 1. The highest BCUT2D eigenvalue weighted by Gasteiger charge is 2.32. The number of hydrogen-bond donors (Lipinski definition) is 3. The van der Waals surface area contributed by atoms with Gasteiger partial charge in [0.15, 0.2) is 17.6 Å². The standard InChI is InChI=1S/C32H34N4O6S/c1-20(40-21(2)38)30(39)33-16-26-5-3-4-6-28(26)23-11-13-25(14-12-23)31-41-27(18-43-32-34-19-35-36-32)15-29(42-31)24-9-7-22(17-37)8-10-24/h3-14,19-20,27,29,31,37H,15-18H2,1-2H3,(H,33,39)(H,34,35,36). The van der Waals surface area contributed by atoms with E-state index in [9.17, 15) is 14.7 Å². The molecule has 1 fully saturated rings. The molecule has 4 atom stereocenters. The Morgan fingerprint density at radius 2 is 1.81 bits per heavy atom. The predicted octanol–water partition coefficient (Wildman–Crippen LogP) is 4.87. The molecule has 1 saturated heterocycles. The van der Waals surface area contributed by atoms with Gasteiger partial charge < -0.3 is 24.6 Å². The first-order valence-electron chi connectivity index (χ1n) is 14.0. The first-order chi connectivity index (χ1) is 20.9. The Kier molecular flexibility index (Phi) is 10.2. The molecular formula is C32H34N4O6S. The van der Waals surface area contributed by atoms with E-state index in [1.165, 1.54) is 13.3 Å². The van der Waals surface area contributed by atoms with Crippen molar-refractivity contribution in [1.82, 2.24) is 20.5 Å². The van der Waals surface area contributed by atoms with Crippen molar-refractivity contribution in [3.8, 4) is 11.1 Å². The smallest absolute Gasteiger partial charge is 0.303 e. The molecule has 0 saturated carbocycles. The molecular weight excluding hydrogens is 568 g/mol. The minimum absolute atomic E-state index is 0.0107. The fourth-order valence-corrected chi connectivity index (χ4v) is 5.66. The summed E-state index contributed by atoms with van der Waals surface area (Å²) >= 11 is 1.55. The number of thioether (sulfide) groups is 1. The lowest BCUT2D eigenvalue weighted by molar-refractivity contribution is -0.245. The summed E-state index contributed by atoms with van der Waals surface area (Å²) in [7, 11) is 0. The summed E-state index contributed by atoms with van der Waals surface area (Å²) in [5.74, 6) is -0.184. The average Bonchev–Trinajstić information content (AvgIpc) is 3.56. The summed E-state index contributed by atoms with van der Waals surface area (Å²) in [6.45, 7) is 3.10. The first-order valence-corrected chi connectivity index (χ1v) is 15.0. The van der Waals surface area contributed by atoms with Crippen LogP contribution in [0.2, 0.25) is 0 Å². The lowest BCUT2D eigenvalue weighted by Gasteiger charge is -2.36. The van der Waals surface area contributed by atoms with Gasteiger partial charge in [-0.05, 0) is 34.7 Å². The number of aliphatic hydroxyl groups is 1. The third-order valence-electron chi connectivity index (χ3n) is 7.09. The van der Waals surface area contributed by atoms with E-state index in [0.29, 0.717) is 18.7 Å². The number of amides is 1. The van der Waals surface area contributed by atoms with E-state index in [-0.39, 0.29) is 24.7 Å². The van der Waals surface area contributed by atoms with Crippen LogP contribution in [0.25, 0.3) is 11.1 Å². The summed E-state index contributed by atoms with van der Waals surface area (Å²) in [6.07, 6.45) is 0.416. The van der Waals surface area contributed by atoms with E-state index >= 15 is 0 Å². The highest BCUT2D eigenvalue weighted by molar-refractivity contribution is 7.99. The summed E-state index contributed by atoms with van der Waals surface area (Å²) in [5, 5.41) is 19.8. The van der Waals surface area contributed by atoms with Crippen LogP contribution >= 0.6 is 11.8 Å². The van der Waals surface area contributed by atoms with E-state index in [4.69, 9.17) is 14.2 Å². The van der Waals surface area contributed by atoms with Crippen molar-refractivity contribution in [2.24, 2.45) is 0 Å². The zero-order chi connectivity index (χ0) is 30.2. The Balaban J connectivity index is 1.31. The molecule has 43 heavy (non-hydrogen) atoms. The molecule has 3 N–H and O–H groups in total. The maximum Gasteiger partial charge on any atom is 0.303 e. The third kappa shape index (κ3) is 8.08. The average molecular weight is 603 g/mol. The Morgan fingerprint density at radius 3 is 2.51 bits per heavy atom. The molecule has 3 aromatic carbocycles. The molecule has 0 bridgehead atoms. The topological polar surface area (TPSA) is 136 Å². The molecule has 5 rings (SSSR count). The molecule has 1 amide bonds. The number of ether oxygens (including phenoxy) is 3. The second-order valence-corrected chi connectivity index (χ2v) is 11.2. The number of carbonyl (C=O) groups excluding carboxylic acids is 2. The van der Waals surface area contributed by atoms with Crippen LogP contribution in [0, 0.1) is 0 Å². The van der Waals surface area contributed by atoms with Gasteiger partial charge in [-0.1, -0.05) is 84.6 Å². The van der Waals surface area contributed by atoms with Crippen molar-refractivity contribution in [2.45, 2.75) is 63.2 Å². The number of carbonyl (C=O) groups is 2. The molecule has 224 valence electrons. The number of aromatic nitrogens is 3. The highest BCUT2D eigenvalue weighted by atomic mass is 32.2. The molecule has 4 unspecified atom stereocenters. The Hall–Kier alpha value is -4.03. The number of aromatic amines is 1. The van der Waals surface area contributed by atoms with Gasteiger partial charge in [0, 0.05) is 31.2 Å². The minimum atomic E-state index is -0.867. The fourth-order valence-electron chi connectivity index (χ4n) is 4.86. The fraction of sp³-hybridized carbons (Fsp3) is 0.312. The zero-order valence-electron chi connectivity index (χ0n) is 23.9. The van der Waals surface area contributed by atoms with Gasteiger partial charge in [-0.25, -0.2) is 4.98 Å². The van der Waals surface area contributed by atoms with Gasteiger partial charge in [0.05, 0.1) is 18.8 Å². The third-order valence-corrected chi connectivity index (χ3v) is 8.10. The molecule has 2 heterocycles. The normalized spacial score (nSPS) is 19.0. The van der Waals surface area contributed by atoms with Crippen LogP contribution in [-0.2, 0) is 37.0 Å². The van der Waals surface area contributed by atoms with E-state index in [1.54, 1.807) is 18.7 Å². The molecule has 10 nitrogen and oxygen atoms in total. The Bertz CT molecular complexity index is 1500. The molecule has 1 aliphatic heterocycles. The summed E-state index contributed by atoms with van der Waals surface area (Å²) in [6, 6.07) is 23.7. The number of hydrogen-bond acceptors (Lipinski definition) is 9. The van der Waals surface area contributed by atoms with E-state index in [2.05, 4.69) is 20.5 Å². The van der Waals surface area contributed by atoms with Crippen molar-refractivity contribution in [3.05, 3.63) is 101 Å². The van der Waals surface area contributed by atoms with Crippen LogP contribution in [0.4, 0.5) is 0 Å². The van der Waals surface area contributed by atoms with Crippen LogP contribution in [0.5, 0.6) is 0 Å². The van der Waals surface area contributed by atoms with Crippen LogP contribution in [0.15, 0.2) is 84.3 Å². The van der Waals surface area contributed by atoms with Crippen LogP contribution in [0.3, 0.4) is 0 Å². The van der Waals surface area contributed by atoms with Gasteiger partial charge in [-0.15, -0.1) is 0 Å². The van der Waals surface area contributed by atoms with Gasteiger partial charge in [0.25, 0.3) is 5.91 Å². The molecule has 0 spiro atoms. The maximum absolute atomic E-state index is 12.4. The van der Waals surface area contributed by atoms with Crippen molar-refractivity contribution < 1.29 is 28.9 Å². The number of H-pyrrole nitrogens is 1. The van der Waals surface area contributed by atoms with Crippen molar-refractivity contribution in [3.63, 3.8) is 0 Å². The molecule has 11 heteroatoms. The molecule has 0 aliphatic carbocycles. The number of nitrogens with one attached hydrogen (secondary N) is 2. The van der Waals surface area contributed by atoms with Gasteiger partial charge in [0.1, 0.15) is 6.33 Å². The molecule has 4 aromatic rings. The number of nitrogens with zero attached hydrogens (tertiary/aromatic N) is 2. The van der Waals surface area contributed by atoms with Crippen molar-refractivity contribution >= 4 is 23.6 Å². The van der Waals surface area contributed by atoms with E-state index in [0.717, 1.165) is 38.5 Å². The van der Waals surface area contributed by atoms with Gasteiger partial charge in [-0.3, -0.25) is 14.7 Å². The quantitative estimate of drug-likeness (QED) is 0.162. The summed E-state index contributed by atoms with van der Waals surface area (Å²) in [4.78, 5) is 27.8. The largest absolute Gasteiger partial charge is 0.453 e. The zero-order valence-corrected chi connectivity index (χ0v) is 24.8. The summed E-state index contributed by atoms with van der Waals surface area (Å²) in [5.41, 5.74) is 5.64. The number of benzene rings is 3. The van der Waals surface area contributed by atoms with Crippen LogP contribution in [0.1, 0.15) is 54.9 Å². The first kappa shape index (κ1) is 30.4. The van der Waals surface area contributed by atoms with Crippen molar-refractivity contribution in [2.75, 3.05) is 5.75 Å². The molecule has 1 aromatic heterocycles. The monoisotopic (exact) mass is 602 g/mol. The van der Waals surface area contributed by atoms with E-state index < -0.39 is 18.4 Å². The minimum Gasteiger partial charge on any atom is -0.453 e. The number of rotatable bonds is 11. The maximum atomic E-state index is 12.4. The molecule has 0 radical (unpaired) electrons. The highest BCUT2D eigenvalue weighted by Crippen LogP contribution is 2.39. The second-order valence-electron chi connectivity index (χ2n) is 10.2. The second kappa shape index (κ2) is 14.4. The van der Waals surface area contributed by atoms with Gasteiger partial charge in [0.2, 0.25) is 0 Å². The number of esters is 1. The Morgan fingerprint density at radius 1 is 1.07 bits per heavy atom. The van der Waals surface area contributed by atoms with Gasteiger partial charge >= 0.3 is 5.97 Å². The lowest BCUT2D eigenvalue weighted by atomic mass is 9.97. The van der Waals surface area contributed by atoms with Crippen LogP contribution in [-0.4, -0.2) is 50.1 Å². The van der Waals surface area contributed by atoms with Crippen LogP contribution < -0.4 is 5.32 Å². The molecule has 1 aliphatic rings. The summed E-state index contributed by atoms with van der Waals surface area (Å²) < 4.78 is 17.9. The lowest BCUT2D eigenvalue weighted by Crippen LogP contribution is -2.35. The SMILES string of the molecule is CC(=O)OC(C)C(=O)NCc1ccccc1-c1ccc(C2OC(CSc3ncn[nH]3)CC(c3ccc(CO)cc3)O2)cc1. The Labute approximate surface area is 254 Å². The van der Waals surface area contributed by atoms with Gasteiger partial charge in [-0.2, -0.15) is 5.10 Å². The van der Waals surface area contributed by atoms with Crippen molar-refractivity contribution in [1.29, 1.82) is 0 Å². The van der Waals surface area contributed by atoms with E-state index in [1.807, 2.05) is 72.8 Å².